The van der Waals surface area contributed by atoms with Crippen molar-refractivity contribution < 1.29 is 14.3 Å². The van der Waals surface area contributed by atoms with Crippen molar-refractivity contribution >= 4 is 34.5 Å². The molecule has 2 aliphatic heterocycles. The van der Waals surface area contributed by atoms with Crippen LogP contribution < -0.4 is 0 Å². The zero-order valence-corrected chi connectivity index (χ0v) is 19.5. The van der Waals surface area contributed by atoms with E-state index in [9.17, 15) is 9.59 Å². The van der Waals surface area contributed by atoms with E-state index in [0.29, 0.717) is 38.5 Å². The molecule has 0 atom stereocenters. The van der Waals surface area contributed by atoms with Gasteiger partial charge in [-0.15, -0.1) is 0 Å². The van der Waals surface area contributed by atoms with Crippen LogP contribution in [0, 0.1) is 6.92 Å². The molecule has 2 amide bonds. The molecule has 2 aliphatic rings. The number of nitrogens with zero attached hydrogens (tertiary/aromatic N) is 3. The van der Waals surface area contributed by atoms with Gasteiger partial charge in [-0.1, -0.05) is 13.0 Å². The quantitative estimate of drug-likeness (QED) is 0.729. The van der Waals surface area contributed by atoms with Crippen LogP contribution in [-0.4, -0.2) is 77.0 Å². The third kappa shape index (κ3) is 4.58. The maximum atomic E-state index is 13.6. The third-order valence-electron chi connectivity index (χ3n) is 6.47. The molecule has 31 heavy (non-hydrogen) atoms. The third-order valence-corrected chi connectivity index (χ3v) is 7.01. The number of morpholine rings is 1. The maximum absolute atomic E-state index is 13.6. The van der Waals surface area contributed by atoms with Gasteiger partial charge in [-0.05, 0) is 56.2 Å². The van der Waals surface area contributed by atoms with E-state index < -0.39 is 0 Å². The number of hydrogen-bond acceptors (Lipinski definition) is 5. The van der Waals surface area contributed by atoms with Crippen LogP contribution in [0.4, 0.5) is 0 Å². The predicted octanol–water partition coefficient (Wildman–Crippen LogP) is 3.30. The fourth-order valence-corrected chi connectivity index (χ4v) is 5.10. The van der Waals surface area contributed by atoms with Crippen molar-refractivity contribution in [2.75, 3.05) is 44.8 Å². The number of fused-ring (bicyclic) bond motifs is 1. The number of likely N-dealkylation sites (tertiary alicyclic amines) is 1. The Morgan fingerprint density at radius 3 is 2.65 bits per heavy atom. The summed E-state index contributed by atoms with van der Waals surface area (Å²) < 4.78 is 6.21. The first kappa shape index (κ1) is 22.1. The number of piperidine rings is 1. The molecule has 166 valence electrons. The molecule has 0 aliphatic carbocycles. The van der Waals surface area contributed by atoms with Crippen molar-refractivity contribution in [1.29, 1.82) is 0 Å². The van der Waals surface area contributed by atoms with Gasteiger partial charge in [0.1, 0.15) is 0 Å². The van der Waals surface area contributed by atoms with Crippen LogP contribution >= 0.6 is 11.8 Å². The van der Waals surface area contributed by atoms with Gasteiger partial charge in [0.2, 0.25) is 5.91 Å². The van der Waals surface area contributed by atoms with Crippen molar-refractivity contribution in [3.05, 3.63) is 41.1 Å². The minimum atomic E-state index is -0.351. The molecule has 0 bridgehead atoms. The summed E-state index contributed by atoms with van der Waals surface area (Å²) in [5, 5.41) is 0.924. The molecule has 1 aromatic carbocycles. The normalized spacial score (nSPS) is 18.5. The van der Waals surface area contributed by atoms with E-state index in [1.165, 1.54) is 5.56 Å². The minimum absolute atomic E-state index is 0.0484. The number of rotatable bonds is 4. The molecule has 1 spiro atoms. The standard InChI is InChI=1S/C24H31N3O3S/c1-4-18-5-6-21-19(14-18)20(13-17(2)25-21)23(29)27-11-12-30-24(16-27)7-9-26(10-8-24)22(28)15-31-3/h5-6,13-14H,4,7-12,15-16H2,1-3H3. The van der Waals surface area contributed by atoms with E-state index in [2.05, 4.69) is 24.0 Å². The smallest absolute Gasteiger partial charge is 0.254 e. The number of carbonyl (C=O) groups excluding carboxylic acids is 2. The zero-order chi connectivity index (χ0) is 22.0. The second kappa shape index (κ2) is 9.17. The lowest BCUT2D eigenvalue weighted by Crippen LogP contribution is -2.58. The van der Waals surface area contributed by atoms with Gasteiger partial charge in [0.05, 0.1) is 35.6 Å². The van der Waals surface area contributed by atoms with Gasteiger partial charge in [-0.2, -0.15) is 11.8 Å². The Balaban J connectivity index is 1.54. The van der Waals surface area contributed by atoms with Crippen molar-refractivity contribution in [2.45, 2.75) is 38.7 Å². The maximum Gasteiger partial charge on any atom is 0.254 e. The van der Waals surface area contributed by atoms with Crippen LogP contribution in [0.3, 0.4) is 0 Å². The number of hydrogen-bond donors (Lipinski definition) is 0. The number of benzene rings is 1. The van der Waals surface area contributed by atoms with Crippen LogP contribution in [-0.2, 0) is 16.0 Å². The molecule has 4 rings (SSSR count). The molecular formula is C24H31N3O3S. The van der Waals surface area contributed by atoms with E-state index in [1.54, 1.807) is 11.8 Å². The van der Waals surface area contributed by atoms with E-state index in [-0.39, 0.29) is 17.4 Å². The fourth-order valence-electron chi connectivity index (χ4n) is 4.67. The monoisotopic (exact) mass is 441 g/mol. The molecule has 0 unspecified atom stereocenters. The van der Waals surface area contributed by atoms with Crippen LogP contribution in [0.5, 0.6) is 0 Å². The van der Waals surface area contributed by atoms with Gasteiger partial charge in [-0.3, -0.25) is 14.6 Å². The Labute approximate surface area is 188 Å². The predicted molar refractivity (Wildman–Crippen MR) is 125 cm³/mol. The highest BCUT2D eigenvalue weighted by Crippen LogP contribution is 2.32. The van der Waals surface area contributed by atoms with Gasteiger partial charge in [0, 0.05) is 30.7 Å². The highest BCUT2D eigenvalue weighted by Gasteiger charge is 2.42. The largest absolute Gasteiger partial charge is 0.371 e. The minimum Gasteiger partial charge on any atom is -0.371 e. The van der Waals surface area contributed by atoms with E-state index in [1.807, 2.05) is 35.1 Å². The summed E-state index contributed by atoms with van der Waals surface area (Å²) in [7, 11) is 0. The fraction of sp³-hybridized carbons (Fsp3) is 0.542. The highest BCUT2D eigenvalue weighted by molar-refractivity contribution is 7.99. The molecule has 2 saturated heterocycles. The number of carbonyl (C=O) groups is 2. The van der Waals surface area contributed by atoms with Crippen LogP contribution in [0.1, 0.15) is 41.4 Å². The summed E-state index contributed by atoms with van der Waals surface area (Å²) in [5.41, 5.74) is 3.29. The molecule has 6 nitrogen and oxygen atoms in total. The number of pyridine rings is 1. The highest BCUT2D eigenvalue weighted by atomic mass is 32.2. The summed E-state index contributed by atoms with van der Waals surface area (Å²) in [4.78, 5) is 34.4. The lowest BCUT2D eigenvalue weighted by Gasteiger charge is -2.47. The summed E-state index contributed by atoms with van der Waals surface area (Å²) in [6, 6.07) is 8.11. The molecule has 7 heteroatoms. The van der Waals surface area contributed by atoms with Crippen molar-refractivity contribution in [3.63, 3.8) is 0 Å². The second-order valence-electron chi connectivity index (χ2n) is 8.59. The summed E-state index contributed by atoms with van der Waals surface area (Å²) >= 11 is 1.56. The lowest BCUT2D eigenvalue weighted by molar-refractivity contribution is -0.144. The molecule has 1 aromatic heterocycles. The molecular weight excluding hydrogens is 410 g/mol. The number of thioether (sulfide) groups is 1. The van der Waals surface area contributed by atoms with Crippen molar-refractivity contribution in [3.8, 4) is 0 Å². The number of amides is 2. The second-order valence-corrected chi connectivity index (χ2v) is 9.45. The molecule has 2 fully saturated rings. The van der Waals surface area contributed by atoms with Crippen molar-refractivity contribution in [1.82, 2.24) is 14.8 Å². The Morgan fingerprint density at radius 2 is 1.94 bits per heavy atom. The SMILES string of the molecule is CCc1ccc2nc(C)cc(C(=O)N3CCOC4(CCN(C(=O)CSC)CC4)C3)c2c1. The first-order chi connectivity index (χ1) is 14.9. The van der Waals surface area contributed by atoms with Gasteiger partial charge >= 0.3 is 0 Å². The Hall–Kier alpha value is -2.12. The molecule has 2 aromatic rings. The molecule has 0 N–H and O–H groups in total. The van der Waals surface area contributed by atoms with Gasteiger partial charge in [-0.25, -0.2) is 0 Å². The average Bonchev–Trinajstić information content (AvgIpc) is 2.78. The zero-order valence-electron chi connectivity index (χ0n) is 18.6. The first-order valence-corrected chi connectivity index (χ1v) is 12.4. The Bertz CT molecular complexity index is 985. The number of ether oxygens (including phenoxy) is 1. The molecule has 3 heterocycles. The van der Waals surface area contributed by atoms with Crippen molar-refractivity contribution in [2.24, 2.45) is 0 Å². The van der Waals surface area contributed by atoms with E-state index in [0.717, 1.165) is 41.4 Å². The average molecular weight is 442 g/mol. The van der Waals surface area contributed by atoms with E-state index >= 15 is 0 Å². The first-order valence-electron chi connectivity index (χ1n) is 11.0. The Morgan fingerprint density at radius 1 is 1.16 bits per heavy atom. The topological polar surface area (TPSA) is 62.7 Å². The number of aryl methyl sites for hydroxylation is 2. The van der Waals surface area contributed by atoms with E-state index in [4.69, 9.17) is 4.74 Å². The van der Waals surface area contributed by atoms with Gasteiger partial charge in [0.15, 0.2) is 0 Å². The van der Waals surface area contributed by atoms with Crippen LogP contribution in [0.25, 0.3) is 10.9 Å². The van der Waals surface area contributed by atoms with Gasteiger partial charge in [0.25, 0.3) is 5.91 Å². The summed E-state index contributed by atoms with van der Waals surface area (Å²) in [5.74, 6) is 0.760. The lowest BCUT2D eigenvalue weighted by atomic mass is 9.89. The summed E-state index contributed by atoms with van der Waals surface area (Å²) in [6.45, 7) is 7.14. The number of aromatic nitrogens is 1. The Kier molecular flexibility index (Phi) is 6.53. The van der Waals surface area contributed by atoms with Crippen LogP contribution in [0.15, 0.2) is 24.3 Å². The van der Waals surface area contributed by atoms with Gasteiger partial charge < -0.3 is 14.5 Å². The molecule has 0 radical (unpaired) electrons. The van der Waals surface area contributed by atoms with Crippen LogP contribution in [0.2, 0.25) is 0 Å². The molecule has 0 saturated carbocycles. The summed E-state index contributed by atoms with van der Waals surface area (Å²) in [6.07, 6.45) is 4.41.